The molecule has 21 heavy (non-hydrogen) atoms. The summed E-state index contributed by atoms with van der Waals surface area (Å²) >= 11 is 3.37. The molecule has 0 saturated carbocycles. The van der Waals surface area contributed by atoms with Crippen molar-refractivity contribution in [1.29, 1.82) is 0 Å². The maximum Gasteiger partial charge on any atom is 0.253 e. The standard InChI is InChI=1S/C17H18BrNO2/c1-3-21-16-7-5-4-6-14(16)12-19(2)17(20)13-8-10-15(18)11-9-13/h4-11H,3,12H2,1-2H3. The van der Waals surface area contributed by atoms with Crippen LogP contribution in [0.1, 0.15) is 22.8 Å². The molecule has 0 atom stereocenters. The second kappa shape index (κ2) is 7.27. The van der Waals surface area contributed by atoms with Crippen molar-refractivity contribution < 1.29 is 9.53 Å². The Balaban J connectivity index is 2.12. The van der Waals surface area contributed by atoms with E-state index in [9.17, 15) is 4.79 Å². The predicted molar refractivity (Wildman–Crippen MR) is 87.6 cm³/mol. The number of ether oxygens (including phenoxy) is 1. The maximum absolute atomic E-state index is 12.4. The molecule has 0 N–H and O–H groups in total. The number of rotatable bonds is 5. The molecule has 0 aliphatic heterocycles. The lowest BCUT2D eigenvalue weighted by Crippen LogP contribution is -2.26. The lowest BCUT2D eigenvalue weighted by atomic mass is 10.1. The second-order valence-electron chi connectivity index (χ2n) is 4.71. The molecule has 2 aromatic rings. The van der Waals surface area contributed by atoms with Gasteiger partial charge in [0.2, 0.25) is 0 Å². The minimum atomic E-state index is -0.00574. The van der Waals surface area contributed by atoms with Crippen molar-refractivity contribution in [2.24, 2.45) is 0 Å². The van der Waals surface area contributed by atoms with Gasteiger partial charge in [0.1, 0.15) is 5.75 Å². The second-order valence-corrected chi connectivity index (χ2v) is 5.62. The molecule has 0 saturated heterocycles. The molecule has 1 amide bonds. The van der Waals surface area contributed by atoms with Gasteiger partial charge in [0.15, 0.2) is 0 Å². The maximum atomic E-state index is 12.4. The van der Waals surface area contributed by atoms with Crippen LogP contribution in [-0.4, -0.2) is 24.5 Å². The zero-order valence-corrected chi connectivity index (χ0v) is 13.8. The Labute approximate surface area is 133 Å². The largest absolute Gasteiger partial charge is 0.494 e. The fourth-order valence-corrected chi connectivity index (χ4v) is 2.34. The van der Waals surface area contributed by atoms with Gasteiger partial charge in [-0.3, -0.25) is 4.79 Å². The van der Waals surface area contributed by atoms with E-state index in [-0.39, 0.29) is 5.91 Å². The first-order valence-corrected chi connectivity index (χ1v) is 7.63. The van der Waals surface area contributed by atoms with E-state index >= 15 is 0 Å². The zero-order chi connectivity index (χ0) is 15.2. The first-order chi connectivity index (χ1) is 10.1. The number of carbonyl (C=O) groups excluding carboxylic acids is 1. The molecule has 3 nitrogen and oxygen atoms in total. The van der Waals surface area contributed by atoms with E-state index in [0.29, 0.717) is 18.7 Å². The van der Waals surface area contributed by atoms with Gasteiger partial charge in [-0.05, 0) is 37.3 Å². The van der Waals surface area contributed by atoms with Gasteiger partial charge in [0.25, 0.3) is 5.91 Å². The summed E-state index contributed by atoms with van der Waals surface area (Å²) in [6.45, 7) is 3.08. The first kappa shape index (κ1) is 15.6. The van der Waals surface area contributed by atoms with Crippen LogP contribution in [0.4, 0.5) is 0 Å². The molecule has 0 aromatic heterocycles. The minimum Gasteiger partial charge on any atom is -0.494 e. The highest BCUT2D eigenvalue weighted by Gasteiger charge is 2.13. The van der Waals surface area contributed by atoms with E-state index in [0.717, 1.165) is 15.8 Å². The number of halogens is 1. The molecule has 110 valence electrons. The summed E-state index contributed by atoms with van der Waals surface area (Å²) in [7, 11) is 1.80. The van der Waals surface area contributed by atoms with Gasteiger partial charge in [-0.2, -0.15) is 0 Å². The Hall–Kier alpha value is -1.81. The molecule has 2 aromatic carbocycles. The zero-order valence-electron chi connectivity index (χ0n) is 12.2. The molecule has 0 aliphatic carbocycles. The average molecular weight is 348 g/mol. The number of benzene rings is 2. The minimum absolute atomic E-state index is 0.00574. The van der Waals surface area contributed by atoms with E-state index in [1.54, 1.807) is 11.9 Å². The van der Waals surface area contributed by atoms with Crippen molar-refractivity contribution in [3.05, 3.63) is 64.1 Å². The number of hydrogen-bond donors (Lipinski definition) is 0. The van der Waals surface area contributed by atoms with Gasteiger partial charge in [0, 0.05) is 29.2 Å². The van der Waals surface area contributed by atoms with Crippen LogP contribution in [0.3, 0.4) is 0 Å². The molecule has 0 bridgehead atoms. The van der Waals surface area contributed by atoms with Gasteiger partial charge >= 0.3 is 0 Å². The Morgan fingerprint density at radius 3 is 2.48 bits per heavy atom. The van der Waals surface area contributed by atoms with Crippen LogP contribution in [0.15, 0.2) is 53.0 Å². The van der Waals surface area contributed by atoms with Crippen LogP contribution < -0.4 is 4.74 Å². The molecule has 0 spiro atoms. The monoisotopic (exact) mass is 347 g/mol. The molecule has 4 heteroatoms. The highest BCUT2D eigenvalue weighted by molar-refractivity contribution is 9.10. The molecular weight excluding hydrogens is 330 g/mol. The third-order valence-electron chi connectivity index (χ3n) is 3.12. The number of amides is 1. The van der Waals surface area contributed by atoms with Crippen molar-refractivity contribution in [3.8, 4) is 5.75 Å². The van der Waals surface area contributed by atoms with Crippen molar-refractivity contribution in [3.63, 3.8) is 0 Å². The number of hydrogen-bond acceptors (Lipinski definition) is 2. The molecule has 0 heterocycles. The number of para-hydroxylation sites is 1. The molecule has 0 radical (unpaired) electrons. The van der Waals surface area contributed by atoms with Crippen LogP contribution >= 0.6 is 15.9 Å². The quantitative estimate of drug-likeness (QED) is 0.814. The van der Waals surface area contributed by atoms with Gasteiger partial charge in [-0.1, -0.05) is 34.1 Å². The Bertz CT molecular complexity index is 610. The predicted octanol–water partition coefficient (Wildman–Crippen LogP) is 4.12. The van der Waals surface area contributed by atoms with Gasteiger partial charge in [-0.25, -0.2) is 0 Å². The average Bonchev–Trinajstić information content (AvgIpc) is 2.49. The highest BCUT2D eigenvalue weighted by atomic mass is 79.9. The Morgan fingerprint density at radius 2 is 1.81 bits per heavy atom. The normalized spacial score (nSPS) is 10.2. The Kier molecular flexibility index (Phi) is 5.39. The smallest absolute Gasteiger partial charge is 0.253 e. The van der Waals surface area contributed by atoms with Crippen molar-refractivity contribution in [2.75, 3.05) is 13.7 Å². The summed E-state index contributed by atoms with van der Waals surface area (Å²) in [4.78, 5) is 14.1. The third kappa shape index (κ3) is 4.08. The third-order valence-corrected chi connectivity index (χ3v) is 3.65. The summed E-state index contributed by atoms with van der Waals surface area (Å²) in [5.41, 5.74) is 1.68. The fourth-order valence-electron chi connectivity index (χ4n) is 2.07. The van der Waals surface area contributed by atoms with E-state index in [2.05, 4.69) is 15.9 Å². The fraction of sp³-hybridized carbons (Fsp3) is 0.235. The van der Waals surface area contributed by atoms with Gasteiger partial charge in [0.05, 0.1) is 6.61 Å². The molecule has 0 fully saturated rings. The number of carbonyl (C=O) groups is 1. The summed E-state index contributed by atoms with van der Waals surface area (Å²) in [5, 5.41) is 0. The van der Waals surface area contributed by atoms with E-state index in [1.807, 2.05) is 55.5 Å². The number of nitrogens with zero attached hydrogens (tertiary/aromatic N) is 1. The lowest BCUT2D eigenvalue weighted by Gasteiger charge is -2.19. The van der Waals surface area contributed by atoms with Crippen LogP contribution in [0.2, 0.25) is 0 Å². The van der Waals surface area contributed by atoms with Crippen LogP contribution in [-0.2, 0) is 6.54 Å². The first-order valence-electron chi connectivity index (χ1n) is 6.83. The van der Waals surface area contributed by atoms with Crippen molar-refractivity contribution >= 4 is 21.8 Å². The molecule has 2 rings (SSSR count). The topological polar surface area (TPSA) is 29.5 Å². The van der Waals surface area contributed by atoms with Crippen LogP contribution in [0.5, 0.6) is 5.75 Å². The highest BCUT2D eigenvalue weighted by Crippen LogP contribution is 2.20. The van der Waals surface area contributed by atoms with Crippen LogP contribution in [0.25, 0.3) is 0 Å². The molecule has 0 unspecified atom stereocenters. The summed E-state index contributed by atoms with van der Waals surface area (Å²) in [6, 6.07) is 15.2. The summed E-state index contributed by atoms with van der Waals surface area (Å²) in [6.07, 6.45) is 0. The summed E-state index contributed by atoms with van der Waals surface area (Å²) in [5.74, 6) is 0.823. The lowest BCUT2D eigenvalue weighted by molar-refractivity contribution is 0.0784. The summed E-state index contributed by atoms with van der Waals surface area (Å²) < 4.78 is 6.56. The van der Waals surface area contributed by atoms with E-state index < -0.39 is 0 Å². The molecular formula is C17H18BrNO2. The Morgan fingerprint density at radius 1 is 1.14 bits per heavy atom. The van der Waals surface area contributed by atoms with Gasteiger partial charge < -0.3 is 9.64 Å². The van der Waals surface area contributed by atoms with Crippen LogP contribution in [0, 0.1) is 0 Å². The van der Waals surface area contributed by atoms with Gasteiger partial charge in [-0.15, -0.1) is 0 Å². The van der Waals surface area contributed by atoms with Crippen molar-refractivity contribution in [1.82, 2.24) is 4.90 Å². The van der Waals surface area contributed by atoms with E-state index in [4.69, 9.17) is 4.74 Å². The van der Waals surface area contributed by atoms with Crippen molar-refractivity contribution in [2.45, 2.75) is 13.5 Å². The SMILES string of the molecule is CCOc1ccccc1CN(C)C(=O)c1ccc(Br)cc1. The van der Waals surface area contributed by atoms with E-state index in [1.165, 1.54) is 0 Å². The molecule has 0 aliphatic rings.